The van der Waals surface area contributed by atoms with Crippen LogP contribution < -0.4 is 5.32 Å². The maximum Gasteiger partial charge on any atom is 0.416 e. The number of benzene rings is 2. The number of aromatic nitrogens is 1. The predicted octanol–water partition coefficient (Wildman–Crippen LogP) is 7.20. The molecule has 1 aliphatic carbocycles. The quantitative estimate of drug-likeness (QED) is 0.447. The van der Waals surface area contributed by atoms with Gasteiger partial charge in [-0.2, -0.15) is 13.2 Å². The summed E-state index contributed by atoms with van der Waals surface area (Å²) in [6.45, 7) is 1.40. The van der Waals surface area contributed by atoms with Crippen molar-refractivity contribution in [2.45, 2.75) is 51.1 Å². The van der Waals surface area contributed by atoms with Crippen LogP contribution in [0.2, 0.25) is 0 Å². The molecule has 3 aromatic rings. The van der Waals surface area contributed by atoms with E-state index in [0.29, 0.717) is 17.3 Å². The first-order valence-corrected chi connectivity index (χ1v) is 11.4. The van der Waals surface area contributed by atoms with Crippen LogP contribution in [0, 0.1) is 6.92 Å². The number of carbonyl (C=O) groups excluding carboxylic acids is 1. The fraction of sp³-hybridized carbons (Fsp3) is 0.296. The normalized spacial score (nSPS) is 16.6. The number of nitrogens with zero attached hydrogens (tertiary/aromatic N) is 2. The van der Waals surface area contributed by atoms with Crippen LogP contribution in [0.4, 0.5) is 24.5 Å². The van der Waals surface area contributed by atoms with Crippen LogP contribution in [-0.4, -0.2) is 16.6 Å². The molecule has 2 heterocycles. The van der Waals surface area contributed by atoms with E-state index in [4.69, 9.17) is 0 Å². The Morgan fingerprint density at radius 1 is 0.971 bits per heavy atom. The molecule has 1 aromatic heterocycles. The fourth-order valence-electron chi connectivity index (χ4n) is 4.84. The summed E-state index contributed by atoms with van der Waals surface area (Å²) in [5, 5.41) is 2.59. The molecule has 34 heavy (non-hydrogen) atoms. The Hall–Kier alpha value is -3.48. The molecule has 0 atom stereocenters. The number of fused-ring (bicyclic) bond motifs is 1. The van der Waals surface area contributed by atoms with Gasteiger partial charge < -0.3 is 5.32 Å². The molecule has 1 amide bonds. The number of pyridine rings is 1. The molecule has 1 fully saturated rings. The summed E-state index contributed by atoms with van der Waals surface area (Å²) in [6.07, 6.45) is 2.11. The minimum Gasteiger partial charge on any atom is -0.324 e. The molecule has 0 radical (unpaired) electrons. The van der Waals surface area contributed by atoms with E-state index < -0.39 is 17.6 Å². The maximum atomic E-state index is 13.3. The van der Waals surface area contributed by atoms with Gasteiger partial charge in [-0.1, -0.05) is 31.0 Å². The zero-order valence-corrected chi connectivity index (χ0v) is 18.7. The summed E-state index contributed by atoms with van der Waals surface area (Å²) >= 11 is 0. The van der Waals surface area contributed by atoms with Crippen LogP contribution in [0.1, 0.15) is 60.4 Å². The lowest BCUT2D eigenvalue weighted by molar-refractivity contribution is -0.138. The highest BCUT2D eigenvalue weighted by Gasteiger charge is 2.34. The van der Waals surface area contributed by atoms with Crippen LogP contribution in [0.5, 0.6) is 0 Å². The number of hydrogen-bond acceptors (Lipinski definition) is 3. The van der Waals surface area contributed by atoms with Gasteiger partial charge >= 0.3 is 6.18 Å². The molecular formula is C27H24F3N3O. The number of amides is 1. The average Bonchev–Trinajstić information content (AvgIpc) is 3.29. The van der Waals surface area contributed by atoms with E-state index in [1.807, 2.05) is 36.5 Å². The van der Waals surface area contributed by atoms with Crippen LogP contribution >= 0.6 is 0 Å². The van der Waals surface area contributed by atoms with Gasteiger partial charge in [0.2, 0.25) is 5.91 Å². The van der Waals surface area contributed by atoms with Crippen molar-refractivity contribution in [1.29, 1.82) is 0 Å². The van der Waals surface area contributed by atoms with Crippen molar-refractivity contribution in [2.24, 2.45) is 4.99 Å². The number of nitrogens with one attached hydrogen (secondary N) is 1. The van der Waals surface area contributed by atoms with Crippen molar-refractivity contribution in [3.8, 4) is 11.1 Å². The second-order valence-corrected chi connectivity index (χ2v) is 9.00. The zero-order valence-electron chi connectivity index (χ0n) is 18.7. The topological polar surface area (TPSA) is 54.4 Å². The Kier molecular flexibility index (Phi) is 5.71. The molecule has 2 aromatic carbocycles. The van der Waals surface area contributed by atoms with Crippen LogP contribution in [0.25, 0.3) is 11.1 Å². The number of alkyl halides is 3. The largest absolute Gasteiger partial charge is 0.416 e. The van der Waals surface area contributed by atoms with Crippen molar-refractivity contribution >= 4 is 23.0 Å². The van der Waals surface area contributed by atoms with E-state index in [0.717, 1.165) is 41.3 Å². The molecular weight excluding hydrogens is 439 g/mol. The lowest BCUT2D eigenvalue weighted by Crippen LogP contribution is -2.15. The van der Waals surface area contributed by atoms with Crippen molar-refractivity contribution in [2.75, 3.05) is 5.32 Å². The first kappa shape index (κ1) is 22.3. The summed E-state index contributed by atoms with van der Waals surface area (Å²) < 4.78 is 40.0. The molecule has 0 unspecified atom stereocenters. The lowest BCUT2D eigenvalue weighted by atomic mass is 9.97. The molecule has 2 aliphatic rings. The van der Waals surface area contributed by atoms with E-state index in [9.17, 15) is 18.0 Å². The molecule has 0 spiro atoms. The number of rotatable bonds is 3. The Labute approximate surface area is 196 Å². The third kappa shape index (κ3) is 4.47. The van der Waals surface area contributed by atoms with Crippen LogP contribution in [0.3, 0.4) is 0 Å². The maximum absolute atomic E-state index is 13.3. The van der Waals surface area contributed by atoms with E-state index in [2.05, 4.69) is 21.4 Å². The molecule has 174 valence electrons. The van der Waals surface area contributed by atoms with Gasteiger partial charge in [0.05, 0.1) is 29.1 Å². The van der Waals surface area contributed by atoms with Crippen molar-refractivity contribution in [3.63, 3.8) is 0 Å². The predicted molar refractivity (Wildman–Crippen MR) is 127 cm³/mol. The molecule has 4 nitrogen and oxygen atoms in total. The van der Waals surface area contributed by atoms with Crippen LogP contribution in [-0.2, 0) is 11.0 Å². The average molecular weight is 464 g/mol. The summed E-state index contributed by atoms with van der Waals surface area (Å²) in [7, 11) is 0. The SMILES string of the molecule is Cc1cc2c(cc1C(F)(F)F)NC(=O)CC(c1cccc(-c3ccnc(C4CCCC4)c3)c1)=N2. The van der Waals surface area contributed by atoms with Gasteiger partial charge in [0.25, 0.3) is 0 Å². The van der Waals surface area contributed by atoms with E-state index in [1.165, 1.54) is 25.8 Å². The first-order chi connectivity index (χ1) is 16.3. The summed E-state index contributed by atoms with van der Waals surface area (Å²) in [4.78, 5) is 21.7. The van der Waals surface area contributed by atoms with Gasteiger partial charge in [0, 0.05) is 17.8 Å². The lowest BCUT2D eigenvalue weighted by Gasteiger charge is -2.13. The second-order valence-electron chi connectivity index (χ2n) is 9.00. The molecule has 7 heteroatoms. The van der Waals surface area contributed by atoms with Crippen molar-refractivity contribution in [1.82, 2.24) is 4.98 Å². The Morgan fingerprint density at radius 3 is 2.47 bits per heavy atom. The number of aliphatic imine (C=N–C) groups is 1. The highest BCUT2D eigenvalue weighted by atomic mass is 19.4. The minimum absolute atomic E-state index is 0.0256. The minimum atomic E-state index is -4.50. The summed E-state index contributed by atoms with van der Waals surface area (Å²) in [6, 6.07) is 14.2. The molecule has 5 rings (SSSR count). The first-order valence-electron chi connectivity index (χ1n) is 11.4. The van der Waals surface area contributed by atoms with Crippen molar-refractivity contribution < 1.29 is 18.0 Å². The Balaban J connectivity index is 1.52. The van der Waals surface area contributed by atoms with Gasteiger partial charge in [-0.15, -0.1) is 0 Å². The van der Waals surface area contributed by atoms with Gasteiger partial charge in [0.1, 0.15) is 0 Å². The highest BCUT2D eigenvalue weighted by molar-refractivity contribution is 6.17. The van der Waals surface area contributed by atoms with Crippen molar-refractivity contribution in [3.05, 3.63) is 77.1 Å². The second kappa shape index (κ2) is 8.70. The molecule has 1 aliphatic heterocycles. The van der Waals surface area contributed by atoms with Gasteiger partial charge in [-0.25, -0.2) is 0 Å². The third-order valence-corrected chi connectivity index (χ3v) is 6.59. The Bertz CT molecular complexity index is 1290. The third-order valence-electron chi connectivity index (χ3n) is 6.59. The highest BCUT2D eigenvalue weighted by Crippen LogP contribution is 2.39. The van der Waals surface area contributed by atoms with Gasteiger partial charge in [-0.3, -0.25) is 14.8 Å². The van der Waals surface area contributed by atoms with E-state index in [1.54, 1.807) is 0 Å². The molecule has 1 saturated carbocycles. The number of aryl methyl sites for hydroxylation is 1. The van der Waals surface area contributed by atoms with Crippen LogP contribution in [0.15, 0.2) is 59.7 Å². The number of halogens is 3. The smallest absolute Gasteiger partial charge is 0.324 e. The molecule has 1 N–H and O–H groups in total. The number of anilines is 1. The van der Waals surface area contributed by atoms with Gasteiger partial charge in [0.15, 0.2) is 0 Å². The monoisotopic (exact) mass is 463 g/mol. The Morgan fingerprint density at radius 2 is 1.71 bits per heavy atom. The fourth-order valence-corrected chi connectivity index (χ4v) is 4.84. The standard InChI is InChI=1S/C27H24F3N3O/c1-16-11-24-25(14-21(16)27(28,29)30)33-26(34)15-23(32-24)20-8-4-7-18(12-20)19-9-10-31-22(13-19)17-5-2-3-6-17/h4,7-14,17H,2-3,5-6,15H2,1H3,(H,33,34). The van der Waals surface area contributed by atoms with Gasteiger partial charge in [-0.05, 0) is 72.4 Å². The zero-order chi connectivity index (χ0) is 23.9. The summed E-state index contributed by atoms with van der Waals surface area (Å²) in [5.41, 5.74) is 4.10. The summed E-state index contributed by atoms with van der Waals surface area (Å²) in [5.74, 6) is 0.103. The van der Waals surface area contributed by atoms with E-state index >= 15 is 0 Å². The van der Waals surface area contributed by atoms with E-state index in [-0.39, 0.29) is 17.7 Å². The number of hydrogen-bond donors (Lipinski definition) is 1. The molecule has 0 saturated heterocycles. The number of carbonyl (C=O) groups is 1. The molecule has 0 bridgehead atoms.